The van der Waals surface area contributed by atoms with Gasteiger partial charge in [0.2, 0.25) is 0 Å². The molecule has 0 radical (unpaired) electrons. The van der Waals surface area contributed by atoms with Gasteiger partial charge in [-0.05, 0) is 36.8 Å². The Kier molecular flexibility index (Phi) is 9.66. The molecule has 0 aromatic carbocycles. The Bertz CT molecular complexity index is 142. The molecule has 0 aliphatic carbocycles. The molecule has 15 heavy (non-hydrogen) atoms. The number of hydrogen-bond acceptors (Lipinski definition) is 3. The lowest BCUT2D eigenvalue weighted by molar-refractivity contribution is 0.173. The molecule has 0 aliphatic rings. The molecule has 2 unspecified atom stereocenters. The van der Waals surface area contributed by atoms with Crippen molar-refractivity contribution in [3.05, 3.63) is 0 Å². The Morgan fingerprint density at radius 3 is 2.40 bits per heavy atom. The topological polar surface area (TPSA) is 21.3 Å². The standard InChI is InChI=1S/C12H27NOS/c1-10(2)12(6-7-14-4)13-8-11(3)9-15-5/h10-13H,6-9H2,1-5H3. The molecule has 0 amide bonds. The highest BCUT2D eigenvalue weighted by molar-refractivity contribution is 7.98. The Balaban J connectivity index is 3.74. The zero-order valence-corrected chi connectivity index (χ0v) is 11.7. The summed E-state index contributed by atoms with van der Waals surface area (Å²) in [4.78, 5) is 0. The smallest absolute Gasteiger partial charge is 0.0477 e. The van der Waals surface area contributed by atoms with Crippen molar-refractivity contribution >= 4 is 11.8 Å². The molecular weight excluding hydrogens is 206 g/mol. The first-order chi connectivity index (χ1) is 7.11. The van der Waals surface area contributed by atoms with Crippen LogP contribution in [0.15, 0.2) is 0 Å². The Labute approximate surface area is 99.5 Å². The van der Waals surface area contributed by atoms with E-state index >= 15 is 0 Å². The number of ether oxygens (including phenoxy) is 1. The number of methoxy groups -OCH3 is 1. The number of rotatable bonds is 9. The molecule has 2 atom stereocenters. The molecule has 0 fully saturated rings. The summed E-state index contributed by atoms with van der Waals surface area (Å²) in [6.07, 6.45) is 3.28. The average Bonchev–Trinajstić information content (AvgIpc) is 2.17. The van der Waals surface area contributed by atoms with Crippen molar-refractivity contribution < 1.29 is 4.74 Å². The maximum atomic E-state index is 5.13. The van der Waals surface area contributed by atoms with E-state index in [4.69, 9.17) is 4.74 Å². The van der Waals surface area contributed by atoms with Crippen molar-refractivity contribution in [3.8, 4) is 0 Å². The van der Waals surface area contributed by atoms with Crippen LogP contribution in [0, 0.1) is 11.8 Å². The summed E-state index contributed by atoms with van der Waals surface area (Å²) in [6, 6.07) is 0.592. The molecular formula is C12H27NOS. The minimum atomic E-state index is 0.592. The third kappa shape index (κ3) is 8.12. The van der Waals surface area contributed by atoms with Crippen LogP contribution in [0.3, 0.4) is 0 Å². The van der Waals surface area contributed by atoms with E-state index in [-0.39, 0.29) is 0 Å². The van der Waals surface area contributed by atoms with Gasteiger partial charge < -0.3 is 10.1 Å². The summed E-state index contributed by atoms with van der Waals surface area (Å²) in [5, 5.41) is 3.65. The molecule has 2 nitrogen and oxygen atoms in total. The lowest BCUT2D eigenvalue weighted by Gasteiger charge is -2.24. The Morgan fingerprint density at radius 1 is 1.27 bits per heavy atom. The van der Waals surface area contributed by atoms with Crippen LogP contribution >= 0.6 is 11.8 Å². The van der Waals surface area contributed by atoms with Crippen molar-refractivity contribution in [2.45, 2.75) is 33.2 Å². The van der Waals surface area contributed by atoms with Crippen LogP contribution in [0.5, 0.6) is 0 Å². The molecule has 0 aromatic heterocycles. The second-order valence-electron chi connectivity index (χ2n) is 4.60. The van der Waals surface area contributed by atoms with Gasteiger partial charge in [0, 0.05) is 19.8 Å². The lowest BCUT2D eigenvalue weighted by Crippen LogP contribution is -2.38. The second-order valence-corrected chi connectivity index (χ2v) is 5.51. The van der Waals surface area contributed by atoms with Crippen molar-refractivity contribution in [1.82, 2.24) is 5.32 Å². The molecule has 0 saturated heterocycles. The summed E-state index contributed by atoms with van der Waals surface area (Å²) in [6.45, 7) is 8.82. The average molecular weight is 233 g/mol. The van der Waals surface area contributed by atoms with Crippen LogP contribution in [-0.4, -0.2) is 38.3 Å². The maximum Gasteiger partial charge on any atom is 0.0477 e. The number of nitrogens with one attached hydrogen (secondary N) is 1. The Morgan fingerprint density at radius 2 is 1.93 bits per heavy atom. The van der Waals surface area contributed by atoms with Crippen molar-refractivity contribution in [1.29, 1.82) is 0 Å². The van der Waals surface area contributed by atoms with Gasteiger partial charge in [-0.2, -0.15) is 11.8 Å². The monoisotopic (exact) mass is 233 g/mol. The normalized spacial score (nSPS) is 15.6. The third-order valence-electron chi connectivity index (χ3n) is 2.62. The summed E-state index contributed by atoms with van der Waals surface area (Å²) in [7, 11) is 1.77. The van der Waals surface area contributed by atoms with Gasteiger partial charge in [0.25, 0.3) is 0 Å². The van der Waals surface area contributed by atoms with Crippen molar-refractivity contribution in [2.24, 2.45) is 11.8 Å². The maximum absolute atomic E-state index is 5.13. The molecule has 0 rings (SSSR count). The SMILES string of the molecule is COCCC(NCC(C)CSC)C(C)C. The number of thioether (sulfide) groups is 1. The van der Waals surface area contributed by atoms with Crippen LogP contribution < -0.4 is 5.32 Å². The first-order valence-corrected chi connectivity index (χ1v) is 7.22. The van der Waals surface area contributed by atoms with E-state index in [1.807, 2.05) is 11.8 Å². The first-order valence-electron chi connectivity index (χ1n) is 5.83. The molecule has 1 N–H and O–H groups in total. The van der Waals surface area contributed by atoms with Crippen LogP contribution in [0.4, 0.5) is 0 Å². The van der Waals surface area contributed by atoms with Gasteiger partial charge in [0.15, 0.2) is 0 Å². The van der Waals surface area contributed by atoms with Crippen LogP contribution in [0.2, 0.25) is 0 Å². The predicted octanol–water partition coefficient (Wildman–Crippen LogP) is 2.64. The molecule has 92 valence electrons. The fourth-order valence-corrected chi connectivity index (χ4v) is 2.30. The van der Waals surface area contributed by atoms with Crippen molar-refractivity contribution in [3.63, 3.8) is 0 Å². The highest BCUT2D eigenvalue weighted by atomic mass is 32.2. The quantitative estimate of drug-likeness (QED) is 0.661. The molecule has 0 saturated carbocycles. The zero-order valence-electron chi connectivity index (χ0n) is 10.9. The van der Waals surface area contributed by atoms with E-state index in [0.29, 0.717) is 12.0 Å². The van der Waals surface area contributed by atoms with Gasteiger partial charge in [0.1, 0.15) is 0 Å². The molecule has 0 aromatic rings. The van der Waals surface area contributed by atoms with Gasteiger partial charge in [-0.1, -0.05) is 20.8 Å². The number of hydrogen-bond donors (Lipinski definition) is 1. The molecule has 0 aliphatic heterocycles. The minimum Gasteiger partial charge on any atom is -0.385 e. The second kappa shape index (κ2) is 9.49. The molecule has 0 heterocycles. The van der Waals surface area contributed by atoms with Gasteiger partial charge in [0.05, 0.1) is 0 Å². The van der Waals surface area contributed by atoms with E-state index in [0.717, 1.165) is 25.5 Å². The van der Waals surface area contributed by atoms with E-state index in [1.54, 1.807) is 7.11 Å². The molecule has 3 heteroatoms. The molecule has 0 bridgehead atoms. The van der Waals surface area contributed by atoms with Gasteiger partial charge >= 0.3 is 0 Å². The minimum absolute atomic E-state index is 0.592. The lowest BCUT2D eigenvalue weighted by atomic mass is 10.0. The van der Waals surface area contributed by atoms with Crippen LogP contribution in [0.25, 0.3) is 0 Å². The highest BCUT2D eigenvalue weighted by Gasteiger charge is 2.13. The summed E-state index contributed by atoms with van der Waals surface area (Å²) < 4.78 is 5.13. The van der Waals surface area contributed by atoms with Gasteiger partial charge in [-0.3, -0.25) is 0 Å². The van der Waals surface area contributed by atoms with E-state index in [9.17, 15) is 0 Å². The van der Waals surface area contributed by atoms with E-state index in [2.05, 4.69) is 32.3 Å². The summed E-state index contributed by atoms with van der Waals surface area (Å²) >= 11 is 1.92. The van der Waals surface area contributed by atoms with E-state index in [1.165, 1.54) is 5.75 Å². The van der Waals surface area contributed by atoms with Gasteiger partial charge in [-0.15, -0.1) is 0 Å². The van der Waals surface area contributed by atoms with Crippen molar-refractivity contribution in [2.75, 3.05) is 32.3 Å². The fourth-order valence-electron chi connectivity index (χ4n) is 1.61. The van der Waals surface area contributed by atoms with E-state index < -0.39 is 0 Å². The van der Waals surface area contributed by atoms with Crippen LogP contribution in [-0.2, 0) is 4.74 Å². The Hall–Kier alpha value is 0.270. The fraction of sp³-hybridized carbons (Fsp3) is 1.00. The zero-order chi connectivity index (χ0) is 11.7. The first kappa shape index (κ1) is 15.3. The highest BCUT2D eigenvalue weighted by Crippen LogP contribution is 2.08. The molecule has 0 spiro atoms. The van der Waals surface area contributed by atoms with Crippen LogP contribution in [0.1, 0.15) is 27.2 Å². The predicted molar refractivity (Wildman–Crippen MR) is 70.7 cm³/mol. The summed E-state index contributed by atoms with van der Waals surface area (Å²) in [5.74, 6) is 2.67. The largest absolute Gasteiger partial charge is 0.385 e. The van der Waals surface area contributed by atoms with Gasteiger partial charge in [-0.25, -0.2) is 0 Å². The third-order valence-corrected chi connectivity index (χ3v) is 3.52. The summed E-state index contributed by atoms with van der Waals surface area (Å²) in [5.41, 5.74) is 0.